The number of hydrogen-bond acceptors (Lipinski definition) is 8. The maximum atomic E-state index is 13.4. The van der Waals surface area contributed by atoms with Gasteiger partial charge in [0, 0.05) is 31.8 Å². The van der Waals surface area contributed by atoms with Crippen LogP contribution in [0.4, 0.5) is 24.7 Å². The first-order valence-corrected chi connectivity index (χ1v) is 12.9. The van der Waals surface area contributed by atoms with Gasteiger partial charge in [-0.05, 0) is 61.9 Å². The van der Waals surface area contributed by atoms with Crippen molar-refractivity contribution in [1.82, 2.24) is 19.2 Å². The van der Waals surface area contributed by atoms with Crippen molar-refractivity contribution in [2.75, 3.05) is 25.5 Å². The first-order valence-electron chi connectivity index (χ1n) is 12.9. The van der Waals surface area contributed by atoms with E-state index in [-0.39, 0.29) is 28.8 Å². The average molecular weight is 572 g/mol. The van der Waals surface area contributed by atoms with Crippen LogP contribution in [0.25, 0.3) is 16.5 Å². The van der Waals surface area contributed by atoms with Gasteiger partial charge in [0.1, 0.15) is 11.4 Å². The smallest absolute Gasteiger partial charge is 0.406 e. The number of pyridine rings is 1. The number of aliphatic hydroxyl groups is 1. The van der Waals surface area contributed by atoms with Crippen LogP contribution in [0.5, 0.6) is 5.75 Å². The maximum absolute atomic E-state index is 13.4. The molecule has 0 bridgehead atoms. The molecule has 13 heteroatoms. The number of nitrogens with zero attached hydrogens (tertiary/aromatic N) is 4. The number of likely N-dealkylation sites (tertiary alicyclic amines) is 1. The lowest BCUT2D eigenvalue weighted by Crippen LogP contribution is -2.42. The van der Waals surface area contributed by atoms with E-state index in [0.29, 0.717) is 23.9 Å². The van der Waals surface area contributed by atoms with Gasteiger partial charge >= 0.3 is 6.36 Å². The molecule has 41 heavy (non-hydrogen) atoms. The summed E-state index contributed by atoms with van der Waals surface area (Å²) < 4.78 is 49.3. The zero-order valence-electron chi connectivity index (χ0n) is 22.0. The summed E-state index contributed by atoms with van der Waals surface area (Å²) in [6.45, 7) is 1.70. The molecular formula is C28H28F3N5O5. The minimum atomic E-state index is -4.85. The highest BCUT2D eigenvalue weighted by molar-refractivity contribution is 5.92. The number of methoxy groups -OCH3 is 1. The Kier molecular flexibility index (Phi) is 8.10. The first-order chi connectivity index (χ1) is 19.6. The van der Waals surface area contributed by atoms with Crippen LogP contribution in [0.15, 0.2) is 76.4 Å². The van der Waals surface area contributed by atoms with E-state index in [9.17, 15) is 27.9 Å². The number of anilines is 2. The van der Waals surface area contributed by atoms with Crippen LogP contribution in [-0.2, 0) is 11.3 Å². The quantitative estimate of drug-likeness (QED) is 0.293. The SMILES string of the molecule is COC(O)C1CCCN1CCn1cccc(Nc2nn(-c3ccc(OC(F)(F)F)cc3)c(=O)c3ccccc23)c1=O. The largest absolute Gasteiger partial charge is 0.573 e. The van der Waals surface area contributed by atoms with Gasteiger partial charge in [-0.1, -0.05) is 18.2 Å². The third-order valence-corrected chi connectivity index (χ3v) is 7.01. The van der Waals surface area contributed by atoms with E-state index in [0.717, 1.165) is 36.2 Å². The number of rotatable bonds is 9. The monoisotopic (exact) mass is 571 g/mol. The Morgan fingerprint density at radius 1 is 1.02 bits per heavy atom. The molecule has 1 saturated heterocycles. The lowest BCUT2D eigenvalue weighted by atomic mass is 10.2. The van der Waals surface area contributed by atoms with Gasteiger partial charge in [-0.3, -0.25) is 14.5 Å². The Bertz CT molecular complexity index is 1640. The highest BCUT2D eigenvalue weighted by Crippen LogP contribution is 2.25. The van der Waals surface area contributed by atoms with Crippen LogP contribution in [0.1, 0.15) is 12.8 Å². The molecule has 4 aromatic rings. The number of benzene rings is 2. The van der Waals surface area contributed by atoms with Crippen LogP contribution < -0.4 is 21.2 Å². The summed E-state index contributed by atoms with van der Waals surface area (Å²) in [7, 11) is 1.46. The van der Waals surface area contributed by atoms with Gasteiger partial charge in [-0.15, -0.1) is 18.3 Å². The normalized spacial score (nSPS) is 16.7. The van der Waals surface area contributed by atoms with Gasteiger partial charge in [0.05, 0.1) is 17.1 Å². The Labute approximate surface area is 232 Å². The molecule has 2 atom stereocenters. The number of halogens is 3. The van der Waals surface area contributed by atoms with Crippen molar-refractivity contribution in [2.24, 2.45) is 0 Å². The van der Waals surface area contributed by atoms with E-state index in [2.05, 4.69) is 20.1 Å². The van der Waals surface area contributed by atoms with E-state index >= 15 is 0 Å². The number of ether oxygens (including phenoxy) is 2. The first kappa shape index (κ1) is 28.3. The van der Waals surface area contributed by atoms with Crippen LogP contribution in [0, 0.1) is 0 Å². The highest BCUT2D eigenvalue weighted by Gasteiger charge is 2.31. The molecule has 0 amide bonds. The minimum Gasteiger partial charge on any atom is -0.406 e. The maximum Gasteiger partial charge on any atom is 0.573 e. The van der Waals surface area contributed by atoms with E-state index in [1.807, 2.05) is 0 Å². The summed E-state index contributed by atoms with van der Waals surface area (Å²) in [6.07, 6.45) is -2.35. The molecule has 2 N–H and O–H groups in total. The van der Waals surface area contributed by atoms with E-state index in [4.69, 9.17) is 4.74 Å². The molecule has 216 valence electrons. The molecule has 0 radical (unpaired) electrons. The molecule has 2 aromatic heterocycles. The van der Waals surface area contributed by atoms with Gasteiger partial charge in [0.25, 0.3) is 11.1 Å². The molecule has 0 saturated carbocycles. The standard InChI is InChI=1S/C28H28F3N5O5/c1-40-27(39)23-9-5-14-34(23)16-17-35-15-4-8-22(26(35)38)32-24-20-6-2-3-7-21(20)25(37)36(33-24)18-10-12-19(13-11-18)41-28(29,30)31/h2-4,6-8,10-13,15,23,27,39H,5,9,14,16-17H2,1H3,(H,32,33). The van der Waals surface area contributed by atoms with Crippen LogP contribution in [-0.4, -0.2) is 63.2 Å². The van der Waals surface area contributed by atoms with Crippen molar-refractivity contribution >= 4 is 22.3 Å². The second-order valence-electron chi connectivity index (χ2n) is 9.57. The van der Waals surface area contributed by atoms with Crippen LogP contribution >= 0.6 is 0 Å². The van der Waals surface area contributed by atoms with Crippen molar-refractivity contribution in [2.45, 2.75) is 38.1 Å². The van der Waals surface area contributed by atoms with Crippen molar-refractivity contribution < 1.29 is 27.8 Å². The van der Waals surface area contributed by atoms with E-state index < -0.39 is 24.0 Å². The lowest BCUT2D eigenvalue weighted by Gasteiger charge is -2.27. The number of aromatic nitrogens is 3. The summed E-state index contributed by atoms with van der Waals surface area (Å²) >= 11 is 0. The fraction of sp³-hybridized carbons (Fsp3) is 0.321. The fourth-order valence-electron chi connectivity index (χ4n) is 5.03. The van der Waals surface area contributed by atoms with Crippen LogP contribution in [0.2, 0.25) is 0 Å². The van der Waals surface area contributed by atoms with Crippen molar-refractivity contribution in [3.8, 4) is 11.4 Å². The molecule has 10 nitrogen and oxygen atoms in total. The summed E-state index contributed by atoms with van der Waals surface area (Å²) in [5.41, 5.74) is -0.367. The van der Waals surface area contributed by atoms with Gasteiger partial charge in [-0.2, -0.15) is 4.68 Å². The van der Waals surface area contributed by atoms with Crippen molar-refractivity contribution in [3.05, 3.63) is 87.6 Å². The molecule has 1 aliphatic heterocycles. The van der Waals surface area contributed by atoms with E-state index in [1.165, 1.54) is 19.2 Å². The number of hydrogen-bond donors (Lipinski definition) is 2. The Balaban J connectivity index is 1.44. The van der Waals surface area contributed by atoms with Gasteiger partial charge < -0.3 is 24.5 Å². The van der Waals surface area contributed by atoms with Crippen LogP contribution in [0.3, 0.4) is 0 Å². The van der Waals surface area contributed by atoms with Gasteiger partial charge in [-0.25, -0.2) is 0 Å². The molecule has 2 aromatic carbocycles. The zero-order valence-corrected chi connectivity index (χ0v) is 22.0. The molecular weight excluding hydrogens is 543 g/mol. The Morgan fingerprint density at radius 3 is 2.46 bits per heavy atom. The Hall–Kier alpha value is -4.20. The second kappa shape index (κ2) is 11.7. The molecule has 3 heterocycles. The lowest BCUT2D eigenvalue weighted by molar-refractivity contribution is -0.274. The fourth-order valence-corrected chi connectivity index (χ4v) is 5.03. The molecule has 2 unspecified atom stereocenters. The van der Waals surface area contributed by atoms with Gasteiger partial charge in [0.15, 0.2) is 12.1 Å². The number of nitrogens with one attached hydrogen (secondary N) is 1. The summed E-state index contributed by atoms with van der Waals surface area (Å²) in [5.74, 6) is -0.219. The van der Waals surface area contributed by atoms with Gasteiger partial charge in [0.2, 0.25) is 0 Å². The Morgan fingerprint density at radius 2 is 1.76 bits per heavy atom. The number of alkyl halides is 3. The number of aliphatic hydroxyl groups excluding tert-OH is 1. The molecule has 0 aliphatic carbocycles. The summed E-state index contributed by atoms with van der Waals surface area (Å²) in [4.78, 5) is 28.7. The molecule has 5 rings (SSSR count). The highest BCUT2D eigenvalue weighted by atomic mass is 19.4. The summed E-state index contributed by atoms with van der Waals surface area (Å²) in [5, 5.41) is 18.4. The average Bonchev–Trinajstić information content (AvgIpc) is 3.43. The third kappa shape index (κ3) is 6.26. The predicted octanol–water partition coefficient (Wildman–Crippen LogP) is 3.62. The third-order valence-electron chi connectivity index (χ3n) is 7.01. The summed E-state index contributed by atoms with van der Waals surface area (Å²) in [6, 6.07) is 14.6. The van der Waals surface area contributed by atoms with Crippen molar-refractivity contribution in [3.63, 3.8) is 0 Å². The second-order valence-corrected chi connectivity index (χ2v) is 9.57. The number of fused-ring (bicyclic) bond motifs is 1. The molecule has 1 fully saturated rings. The minimum absolute atomic E-state index is 0.136. The molecule has 1 aliphatic rings. The van der Waals surface area contributed by atoms with Crippen molar-refractivity contribution in [1.29, 1.82) is 0 Å². The predicted molar refractivity (Wildman–Crippen MR) is 146 cm³/mol. The molecule has 0 spiro atoms. The zero-order chi connectivity index (χ0) is 29.1. The topological polar surface area (TPSA) is 111 Å². The van der Waals surface area contributed by atoms with E-state index in [1.54, 1.807) is 47.2 Å².